The van der Waals surface area contributed by atoms with Gasteiger partial charge in [0.1, 0.15) is 0 Å². The van der Waals surface area contributed by atoms with Crippen LogP contribution in [-0.2, 0) is 6.42 Å². The Kier molecular flexibility index (Phi) is 2.60. The van der Waals surface area contributed by atoms with Gasteiger partial charge in [-0.3, -0.25) is 4.98 Å². The SMILES string of the molecule is BrCCc1ccc2ccccc2n1. The van der Waals surface area contributed by atoms with Crippen molar-refractivity contribution in [1.29, 1.82) is 0 Å². The van der Waals surface area contributed by atoms with E-state index in [2.05, 4.69) is 39.1 Å². The van der Waals surface area contributed by atoms with Crippen molar-refractivity contribution in [2.45, 2.75) is 6.42 Å². The minimum absolute atomic E-state index is 0.971. The molecule has 2 aromatic rings. The molecule has 0 unspecified atom stereocenters. The van der Waals surface area contributed by atoms with Crippen LogP contribution in [-0.4, -0.2) is 10.3 Å². The fourth-order valence-corrected chi connectivity index (χ4v) is 1.75. The van der Waals surface area contributed by atoms with Crippen LogP contribution in [0, 0.1) is 0 Å². The van der Waals surface area contributed by atoms with E-state index in [0.717, 1.165) is 23.0 Å². The topological polar surface area (TPSA) is 12.9 Å². The van der Waals surface area contributed by atoms with Crippen LogP contribution in [0.1, 0.15) is 5.69 Å². The zero-order chi connectivity index (χ0) is 9.10. The van der Waals surface area contributed by atoms with Gasteiger partial charge in [0.15, 0.2) is 0 Å². The molecule has 66 valence electrons. The maximum Gasteiger partial charge on any atom is 0.0705 e. The summed E-state index contributed by atoms with van der Waals surface area (Å²) in [4.78, 5) is 4.53. The Morgan fingerprint density at radius 3 is 2.77 bits per heavy atom. The molecular formula is C11H10BrN. The van der Waals surface area contributed by atoms with E-state index in [1.165, 1.54) is 5.39 Å². The molecule has 0 aliphatic rings. The highest BCUT2D eigenvalue weighted by atomic mass is 79.9. The molecule has 0 saturated heterocycles. The molecule has 0 bridgehead atoms. The molecule has 0 fully saturated rings. The van der Waals surface area contributed by atoms with E-state index < -0.39 is 0 Å². The number of aryl methyl sites for hydroxylation is 1. The highest BCUT2D eigenvalue weighted by Gasteiger charge is 1.95. The molecule has 0 aliphatic heterocycles. The van der Waals surface area contributed by atoms with Gasteiger partial charge in [-0.15, -0.1) is 0 Å². The summed E-state index contributed by atoms with van der Waals surface area (Å²) in [6.07, 6.45) is 0.991. The number of halogens is 1. The van der Waals surface area contributed by atoms with Crippen LogP contribution in [0.4, 0.5) is 0 Å². The molecule has 2 heteroatoms. The maximum atomic E-state index is 4.53. The lowest BCUT2D eigenvalue weighted by atomic mass is 10.2. The molecule has 1 aromatic carbocycles. The number of para-hydroxylation sites is 1. The summed E-state index contributed by atoms with van der Waals surface area (Å²) in [5.74, 6) is 0. The van der Waals surface area contributed by atoms with Crippen molar-refractivity contribution in [2.75, 3.05) is 5.33 Å². The second-order valence-electron chi connectivity index (χ2n) is 2.93. The van der Waals surface area contributed by atoms with E-state index in [4.69, 9.17) is 0 Å². The van der Waals surface area contributed by atoms with Gasteiger partial charge in [0.2, 0.25) is 0 Å². The van der Waals surface area contributed by atoms with Crippen molar-refractivity contribution < 1.29 is 0 Å². The van der Waals surface area contributed by atoms with Gasteiger partial charge in [0.25, 0.3) is 0 Å². The third kappa shape index (κ3) is 1.89. The quantitative estimate of drug-likeness (QED) is 0.730. The summed E-state index contributed by atoms with van der Waals surface area (Å²) < 4.78 is 0. The van der Waals surface area contributed by atoms with Crippen LogP contribution in [0.5, 0.6) is 0 Å². The average Bonchev–Trinajstić information content (AvgIpc) is 2.18. The Bertz CT molecular complexity index is 412. The summed E-state index contributed by atoms with van der Waals surface area (Å²) in [6.45, 7) is 0. The van der Waals surface area contributed by atoms with Gasteiger partial charge in [-0.1, -0.05) is 40.2 Å². The molecule has 0 atom stereocenters. The standard InChI is InChI=1S/C11H10BrN/c12-8-7-10-6-5-9-3-1-2-4-11(9)13-10/h1-6H,7-8H2. The number of pyridine rings is 1. The van der Waals surface area contributed by atoms with Crippen molar-refractivity contribution >= 4 is 26.8 Å². The van der Waals surface area contributed by atoms with Crippen molar-refractivity contribution in [2.24, 2.45) is 0 Å². The van der Waals surface area contributed by atoms with E-state index in [-0.39, 0.29) is 0 Å². The molecule has 1 nitrogen and oxygen atoms in total. The van der Waals surface area contributed by atoms with Gasteiger partial charge >= 0.3 is 0 Å². The highest BCUT2D eigenvalue weighted by Crippen LogP contribution is 2.12. The normalized spacial score (nSPS) is 10.5. The minimum Gasteiger partial charge on any atom is -0.253 e. The summed E-state index contributed by atoms with van der Waals surface area (Å²) >= 11 is 3.41. The van der Waals surface area contributed by atoms with Crippen LogP contribution >= 0.6 is 15.9 Å². The molecule has 1 aromatic heterocycles. The van der Waals surface area contributed by atoms with Crippen molar-refractivity contribution in [3.63, 3.8) is 0 Å². The summed E-state index contributed by atoms with van der Waals surface area (Å²) in [6, 6.07) is 12.4. The highest BCUT2D eigenvalue weighted by molar-refractivity contribution is 9.09. The largest absolute Gasteiger partial charge is 0.253 e. The molecule has 0 radical (unpaired) electrons. The van der Waals surface area contributed by atoms with Crippen LogP contribution < -0.4 is 0 Å². The molecule has 2 rings (SSSR count). The fourth-order valence-electron chi connectivity index (χ4n) is 1.34. The molecule has 13 heavy (non-hydrogen) atoms. The Balaban J connectivity index is 2.49. The number of hydrogen-bond acceptors (Lipinski definition) is 1. The number of fused-ring (bicyclic) bond motifs is 1. The lowest BCUT2D eigenvalue weighted by molar-refractivity contribution is 1.08. The average molecular weight is 236 g/mol. The number of aromatic nitrogens is 1. The van der Waals surface area contributed by atoms with Crippen LogP contribution in [0.15, 0.2) is 36.4 Å². The van der Waals surface area contributed by atoms with E-state index in [1.807, 2.05) is 18.2 Å². The summed E-state index contributed by atoms with van der Waals surface area (Å²) in [5.41, 5.74) is 2.23. The van der Waals surface area contributed by atoms with Gasteiger partial charge < -0.3 is 0 Å². The summed E-state index contributed by atoms with van der Waals surface area (Å²) in [7, 11) is 0. The van der Waals surface area contributed by atoms with Gasteiger partial charge in [-0.25, -0.2) is 0 Å². The lowest BCUT2D eigenvalue weighted by Gasteiger charge is -1.99. The number of alkyl halides is 1. The number of rotatable bonds is 2. The van der Waals surface area contributed by atoms with E-state index >= 15 is 0 Å². The predicted molar refractivity (Wildman–Crippen MR) is 59.2 cm³/mol. The lowest BCUT2D eigenvalue weighted by Crippen LogP contribution is -1.90. The first-order chi connectivity index (χ1) is 6.40. The molecule has 1 heterocycles. The Hall–Kier alpha value is -0.890. The number of hydrogen-bond donors (Lipinski definition) is 0. The monoisotopic (exact) mass is 235 g/mol. The van der Waals surface area contributed by atoms with Crippen molar-refractivity contribution in [1.82, 2.24) is 4.98 Å². The van der Waals surface area contributed by atoms with E-state index in [1.54, 1.807) is 0 Å². The fraction of sp³-hybridized carbons (Fsp3) is 0.182. The minimum atomic E-state index is 0.971. The molecule has 0 spiro atoms. The van der Waals surface area contributed by atoms with Gasteiger partial charge in [0.05, 0.1) is 5.52 Å². The van der Waals surface area contributed by atoms with Gasteiger partial charge in [-0.2, -0.15) is 0 Å². The summed E-state index contributed by atoms with van der Waals surface area (Å²) in [5, 5.41) is 2.18. The van der Waals surface area contributed by atoms with E-state index in [9.17, 15) is 0 Å². The maximum absolute atomic E-state index is 4.53. The van der Waals surface area contributed by atoms with Gasteiger partial charge in [-0.05, 0) is 18.6 Å². The molecular weight excluding hydrogens is 226 g/mol. The van der Waals surface area contributed by atoms with Crippen LogP contribution in [0.3, 0.4) is 0 Å². The first-order valence-corrected chi connectivity index (χ1v) is 5.43. The van der Waals surface area contributed by atoms with E-state index in [0.29, 0.717) is 0 Å². The third-order valence-electron chi connectivity index (χ3n) is 2.01. The Morgan fingerprint density at radius 2 is 1.92 bits per heavy atom. The first-order valence-electron chi connectivity index (χ1n) is 4.31. The molecule has 0 saturated carbocycles. The van der Waals surface area contributed by atoms with Gasteiger partial charge in [0, 0.05) is 16.4 Å². The molecule has 0 amide bonds. The number of benzene rings is 1. The zero-order valence-electron chi connectivity index (χ0n) is 7.20. The molecule has 0 aliphatic carbocycles. The third-order valence-corrected chi connectivity index (χ3v) is 2.40. The second-order valence-corrected chi connectivity index (χ2v) is 3.73. The van der Waals surface area contributed by atoms with Crippen molar-refractivity contribution in [3.05, 3.63) is 42.1 Å². The smallest absolute Gasteiger partial charge is 0.0705 e. The Morgan fingerprint density at radius 1 is 1.08 bits per heavy atom. The van der Waals surface area contributed by atoms with Crippen molar-refractivity contribution in [3.8, 4) is 0 Å². The predicted octanol–water partition coefficient (Wildman–Crippen LogP) is 3.17. The molecule has 0 N–H and O–H groups in total. The first kappa shape index (κ1) is 8.70. The van der Waals surface area contributed by atoms with Crippen LogP contribution in [0.25, 0.3) is 10.9 Å². The number of nitrogens with zero attached hydrogens (tertiary/aromatic N) is 1. The zero-order valence-corrected chi connectivity index (χ0v) is 8.79. The van der Waals surface area contributed by atoms with Crippen LogP contribution in [0.2, 0.25) is 0 Å². The second kappa shape index (κ2) is 3.88. The Labute approximate surface area is 85.9 Å².